The van der Waals surface area contributed by atoms with Crippen LogP contribution in [0.15, 0.2) is 45.8 Å². The molecule has 8 heteroatoms. The molecule has 2 rings (SSSR count). The van der Waals surface area contributed by atoms with Gasteiger partial charge in [-0.2, -0.15) is 0 Å². The van der Waals surface area contributed by atoms with Gasteiger partial charge in [-0.05, 0) is 30.3 Å². The number of primary sulfonamides is 1. The Morgan fingerprint density at radius 3 is 2.57 bits per heavy atom. The standard InChI is InChI=1S/C13H10BrClFNO3S/c14-9-2-1-8(11(15)5-9)7-20-12-4-3-10(16)6-13(12)21(17,18)19/h1-6H,7H2,(H2,17,18,19). The molecule has 0 atom stereocenters. The normalized spacial score (nSPS) is 11.4. The fourth-order valence-electron chi connectivity index (χ4n) is 1.62. The molecule has 21 heavy (non-hydrogen) atoms. The molecule has 2 aromatic rings. The van der Waals surface area contributed by atoms with Gasteiger partial charge >= 0.3 is 0 Å². The van der Waals surface area contributed by atoms with Gasteiger partial charge in [0.1, 0.15) is 23.1 Å². The number of halogens is 3. The van der Waals surface area contributed by atoms with Gasteiger partial charge in [-0.1, -0.05) is 33.6 Å². The Bertz CT molecular complexity index is 783. The number of nitrogens with two attached hydrogens (primary N) is 1. The zero-order valence-electron chi connectivity index (χ0n) is 10.5. The van der Waals surface area contributed by atoms with Crippen LogP contribution in [0.3, 0.4) is 0 Å². The average molecular weight is 395 g/mol. The molecule has 0 saturated heterocycles. The lowest BCUT2D eigenvalue weighted by molar-refractivity contribution is 0.297. The molecule has 0 aliphatic rings. The molecule has 0 bridgehead atoms. The molecule has 0 aliphatic carbocycles. The Morgan fingerprint density at radius 2 is 1.95 bits per heavy atom. The maximum absolute atomic E-state index is 13.1. The summed E-state index contributed by atoms with van der Waals surface area (Å²) < 4.78 is 42.2. The fourth-order valence-corrected chi connectivity index (χ4v) is 3.03. The lowest BCUT2D eigenvalue weighted by atomic mass is 10.2. The second kappa shape index (κ2) is 6.31. The summed E-state index contributed by atoms with van der Waals surface area (Å²) in [6.07, 6.45) is 0. The van der Waals surface area contributed by atoms with Gasteiger partial charge in [0.2, 0.25) is 10.0 Å². The van der Waals surface area contributed by atoms with Crippen molar-refractivity contribution in [2.24, 2.45) is 5.14 Å². The summed E-state index contributed by atoms with van der Waals surface area (Å²) in [6.45, 7) is 0.0280. The summed E-state index contributed by atoms with van der Waals surface area (Å²) in [5.74, 6) is -0.745. The summed E-state index contributed by atoms with van der Waals surface area (Å²) in [6, 6.07) is 8.30. The van der Waals surface area contributed by atoms with Gasteiger partial charge in [-0.25, -0.2) is 17.9 Å². The van der Waals surface area contributed by atoms with Gasteiger partial charge in [0.25, 0.3) is 0 Å². The van der Waals surface area contributed by atoms with E-state index >= 15 is 0 Å². The Kier molecular flexibility index (Phi) is 4.88. The lowest BCUT2D eigenvalue weighted by Gasteiger charge is -2.11. The highest BCUT2D eigenvalue weighted by atomic mass is 79.9. The first kappa shape index (κ1) is 16.2. The van der Waals surface area contributed by atoms with Crippen molar-refractivity contribution in [3.05, 3.63) is 57.3 Å². The number of hydrogen-bond donors (Lipinski definition) is 1. The summed E-state index contributed by atoms with van der Waals surface area (Å²) >= 11 is 9.31. The molecule has 0 amide bonds. The van der Waals surface area contributed by atoms with E-state index in [0.717, 1.165) is 16.6 Å². The third kappa shape index (κ3) is 4.16. The van der Waals surface area contributed by atoms with Crippen LogP contribution in [0.25, 0.3) is 0 Å². The molecule has 0 fully saturated rings. The Balaban J connectivity index is 2.28. The number of rotatable bonds is 4. The highest BCUT2D eigenvalue weighted by Gasteiger charge is 2.16. The first-order valence-corrected chi connectivity index (χ1v) is 8.38. The van der Waals surface area contributed by atoms with Gasteiger partial charge in [-0.3, -0.25) is 0 Å². The monoisotopic (exact) mass is 393 g/mol. The van der Waals surface area contributed by atoms with Crippen molar-refractivity contribution in [2.45, 2.75) is 11.5 Å². The fraction of sp³-hybridized carbons (Fsp3) is 0.0769. The molecule has 0 aromatic heterocycles. The lowest BCUT2D eigenvalue weighted by Crippen LogP contribution is -2.14. The summed E-state index contributed by atoms with van der Waals surface area (Å²) in [7, 11) is -4.08. The molecule has 0 spiro atoms. The van der Waals surface area contributed by atoms with E-state index in [2.05, 4.69) is 15.9 Å². The third-order valence-electron chi connectivity index (χ3n) is 2.61. The van der Waals surface area contributed by atoms with Crippen molar-refractivity contribution in [1.29, 1.82) is 0 Å². The molecule has 0 saturated carbocycles. The molecule has 0 aliphatic heterocycles. The predicted octanol–water partition coefficient (Wildman–Crippen LogP) is 3.47. The third-order valence-corrected chi connectivity index (χ3v) is 4.39. The van der Waals surface area contributed by atoms with Crippen LogP contribution in [-0.4, -0.2) is 8.42 Å². The number of benzene rings is 2. The SMILES string of the molecule is NS(=O)(=O)c1cc(F)ccc1OCc1ccc(Br)cc1Cl. The van der Waals surface area contributed by atoms with Gasteiger partial charge in [-0.15, -0.1) is 0 Å². The largest absolute Gasteiger partial charge is 0.487 e. The van der Waals surface area contributed by atoms with Crippen molar-refractivity contribution in [3.63, 3.8) is 0 Å². The van der Waals surface area contributed by atoms with Gasteiger partial charge < -0.3 is 4.74 Å². The van der Waals surface area contributed by atoms with Crippen molar-refractivity contribution in [2.75, 3.05) is 0 Å². The van der Waals surface area contributed by atoms with Gasteiger partial charge in [0.05, 0.1) is 0 Å². The van der Waals surface area contributed by atoms with Gasteiger partial charge in [0.15, 0.2) is 0 Å². The molecule has 2 N–H and O–H groups in total. The smallest absolute Gasteiger partial charge is 0.241 e. The van der Waals surface area contributed by atoms with Crippen LogP contribution in [0.2, 0.25) is 5.02 Å². The van der Waals surface area contributed by atoms with Crippen LogP contribution in [0, 0.1) is 5.82 Å². The number of sulfonamides is 1. The zero-order chi connectivity index (χ0) is 15.6. The van der Waals surface area contributed by atoms with E-state index in [1.807, 2.05) is 0 Å². The predicted molar refractivity (Wildman–Crippen MR) is 81.3 cm³/mol. The minimum absolute atomic E-state index is 0.0280. The van der Waals surface area contributed by atoms with Crippen LogP contribution in [0.5, 0.6) is 5.75 Å². The second-order valence-corrected chi connectivity index (χ2v) is 7.01. The molecule has 0 radical (unpaired) electrons. The molecular weight excluding hydrogens is 385 g/mol. The molecule has 112 valence electrons. The molecule has 2 aromatic carbocycles. The van der Waals surface area contributed by atoms with Crippen LogP contribution < -0.4 is 9.88 Å². The average Bonchev–Trinajstić information content (AvgIpc) is 2.38. The van der Waals surface area contributed by atoms with Crippen molar-refractivity contribution in [1.82, 2.24) is 0 Å². The minimum atomic E-state index is -4.08. The molecule has 4 nitrogen and oxygen atoms in total. The van der Waals surface area contributed by atoms with Crippen LogP contribution >= 0.6 is 27.5 Å². The Hall–Kier alpha value is -1.15. The molecule has 0 heterocycles. The van der Waals surface area contributed by atoms with Crippen molar-refractivity contribution in [3.8, 4) is 5.75 Å². The van der Waals surface area contributed by atoms with Crippen molar-refractivity contribution >= 4 is 37.6 Å². The second-order valence-electron chi connectivity index (χ2n) is 4.16. The van der Waals surface area contributed by atoms with E-state index in [-0.39, 0.29) is 12.4 Å². The van der Waals surface area contributed by atoms with Gasteiger partial charge in [0, 0.05) is 15.1 Å². The first-order chi connectivity index (χ1) is 9.77. The van der Waals surface area contributed by atoms with E-state index in [0.29, 0.717) is 10.6 Å². The molecular formula is C13H10BrClFNO3S. The van der Waals surface area contributed by atoms with E-state index in [9.17, 15) is 12.8 Å². The highest BCUT2D eigenvalue weighted by molar-refractivity contribution is 9.10. The van der Waals surface area contributed by atoms with E-state index < -0.39 is 20.7 Å². The maximum Gasteiger partial charge on any atom is 0.241 e. The van der Waals surface area contributed by atoms with Crippen LogP contribution in [-0.2, 0) is 16.6 Å². The minimum Gasteiger partial charge on any atom is -0.487 e. The molecule has 0 unspecified atom stereocenters. The quantitative estimate of drug-likeness (QED) is 0.863. The Morgan fingerprint density at radius 1 is 1.24 bits per heavy atom. The maximum atomic E-state index is 13.1. The number of ether oxygens (including phenoxy) is 1. The van der Waals surface area contributed by atoms with Crippen molar-refractivity contribution < 1.29 is 17.5 Å². The summed E-state index contributed by atoms with van der Waals surface area (Å²) in [5, 5.41) is 5.50. The van der Waals surface area contributed by atoms with E-state index in [1.165, 1.54) is 6.07 Å². The topological polar surface area (TPSA) is 69.4 Å². The number of hydrogen-bond acceptors (Lipinski definition) is 3. The van der Waals surface area contributed by atoms with Crippen LogP contribution in [0.4, 0.5) is 4.39 Å². The summed E-state index contributed by atoms with van der Waals surface area (Å²) in [4.78, 5) is -0.407. The Labute approximate surface area is 134 Å². The van der Waals surface area contributed by atoms with E-state index in [4.69, 9.17) is 21.5 Å². The highest BCUT2D eigenvalue weighted by Crippen LogP contribution is 2.27. The van der Waals surface area contributed by atoms with Crippen LogP contribution in [0.1, 0.15) is 5.56 Å². The van der Waals surface area contributed by atoms with E-state index in [1.54, 1.807) is 18.2 Å². The first-order valence-electron chi connectivity index (χ1n) is 5.66. The zero-order valence-corrected chi connectivity index (χ0v) is 13.7. The summed E-state index contributed by atoms with van der Waals surface area (Å²) in [5.41, 5.74) is 0.657.